The molecule has 0 heterocycles. The second-order valence-electron chi connectivity index (χ2n) is 4.64. The molecule has 0 radical (unpaired) electrons. The second kappa shape index (κ2) is 8.15. The zero-order chi connectivity index (χ0) is 18.6. The van der Waals surface area contributed by atoms with Gasteiger partial charge in [-0.3, -0.25) is 14.9 Å². The molecule has 25 heavy (non-hydrogen) atoms. The van der Waals surface area contributed by atoms with E-state index in [-0.39, 0.29) is 26.3 Å². The van der Waals surface area contributed by atoms with Crippen LogP contribution in [0, 0.1) is 10.1 Å². The monoisotopic (exact) mass is 402 g/mol. The molecule has 2 aromatic carbocycles. The van der Waals surface area contributed by atoms with Crippen molar-refractivity contribution in [2.24, 2.45) is 0 Å². The molecule has 10 heteroatoms. The molecule has 0 aromatic heterocycles. The number of amides is 1. The summed E-state index contributed by atoms with van der Waals surface area (Å²) >= 11 is 17.5. The van der Waals surface area contributed by atoms with E-state index >= 15 is 0 Å². The minimum Gasteiger partial charge on any atom is -0.452 e. The molecule has 0 aliphatic heterocycles. The van der Waals surface area contributed by atoms with E-state index in [4.69, 9.17) is 39.5 Å². The van der Waals surface area contributed by atoms with Crippen LogP contribution in [0.3, 0.4) is 0 Å². The fourth-order valence-corrected chi connectivity index (χ4v) is 2.49. The molecule has 2 rings (SSSR count). The van der Waals surface area contributed by atoms with Gasteiger partial charge in [-0.25, -0.2) is 4.79 Å². The highest BCUT2D eigenvalue weighted by molar-refractivity contribution is 6.39. The van der Waals surface area contributed by atoms with Crippen molar-refractivity contribution in [1.29, 1.82) is 0 Å². The molecule has 130 valence electrons. The summed E-state index contributed by atoms with van der Waals surface area (Å²) in [6.45, 7) is -0.680. The molecule has 2 aromatic rings. The van der Waals surface area contributed by atoms with E-state index in [0.717, 1.165) is 12.1 Å². The number of nitrogens with one attached hydrogen (secondary N) is 1. The summed E-state index contributed by atoms with van der Waals surface area (Å²) in [6.07, 6.45) is 0. The molecule has 7 nitrogen and oxygen atoms in total. The van der Waals surface area contributed by atoms with E-state index < -0.39 is 29.1 Å². The van der Waals surface area contributed by atoms with Gasteiger partial charge in [-0.05, 0) is 24.3 Å². The third-order valence-corrected chi connectivity index (χ3v) is 3.80. The number of hydrogen-bond acceptors (Lipinski definition) is 5. The maximum Gasteiger partial charge on any atom is 0.345 e. The van der Waals surface area contributed by atoms with Crippen LogP contribution in [0.15, 0.2) is 36.4 Å². The Kier molecular flexibility index (Phi) is 6.19. The number of anilines is 1. The van der Waals surface area contributed by atoms with Crippen molar-refractivity contribution in [3.05, 3.63) is 67.1 Å². The van der Waals surface area contributed by atoms with Crippen molar-refractivity contribution in [2.75, 3.05) is 11.9 Å². The molecule has 1 N–H and O–H groups in total. The van der Waals surface area contributed by atoms with Crippen molar-refractivity contribution in [1.82, 2.24) is 0 Å². The number of carbonyl (C=O) groups excluding carboxylic acids is 2. The zero-order valence-electron chi connectivity index (χ0n) is 12.3. The average molecular weight is 404 g/mol. The smallest absolute Gasteiger partial charge is 0.345 e. The number of nitrogens with zero attached hydrogens (tertiary/aromatic N) is 1. The normalized spacial score (nSPS) is 10.2. The average Bonchev–Trinajstić information content (AvgIpc) is 2.56. The first kappa shape index (κ1) is 19.0. The van der Waals surface area contributed by atoms with Gasteiger partial charge in [-0.2, -0.15) is 0 Å². The quantitative estimate of drug-likeness (QED) is 0.454. The van der Waals surface area contributed by atoms with E-state index in [1.165, 1.54) is 18.2 Å². The summed E-state index contributed by atoms with van der Waals surface area (Å²) in [5.74, 6) is -1.75. The van der Waals surface area contributed by atoms with Crippen LogP contribution in [0.25, 0.3) is 0 Å². The lowest BCUT2D eigenvalue weighted by atomic mass is 10.2. The summed E-state index contributed by atoms with van der Waals surface area (Å²) in [6, 6.07) is 8.10. The number of nitro benzene ring substituents is 1. The van der Waals surface area contributed by atoms with Gasteiger partial charge >= 0.3 is 5.97 Å². The van der Waals surface area contributed by atoms with E-state index in [1.807, 2.05) is 0 Å². The molecule has 0 spiro atoms. The molecular formula is C15H9Cl3N2O5. The molecule has 0 fully saturated rings. The van der Waals surface area contributed by atoms with Gasteiger partial charge in [-0.1, -0.05) is 40.9 Å². The van der Waals surface area contributed by atoms with Gasteiger partial charge in [0, 0.05) is 11.1 Å². The van der Waals surface area contributed by atoms with Crippen LogP contribution in [-0.2, 0) is 9.53 Å². The van der Waals surface area contributed by atoms with Crippen LogP contribution in [0.5, 0.6) is 0 Å². The van der Waals surface area contributed by atoms with Crippen molar-refractivity contribution >= 4 is 58.1 Å². The summed E-state index contributed by atoms with van der Waals surface area (Å²) in [5, 5.41) is 13.9. The number of halogens is 3. The minimum atomic E-state index is -1.04. The molecule has 0 bridgehead atoms. The Morgan fingerprint density at radius 2 is 1.76 bits per heavy atom. The van der Waals surface area contributed by atoms with E-state index in [2.05, 4.69) is 5.32 Å². The maximum absolute atomic E-state index is 12.0. The maximum atomic E-state index is 12.0. The van der Waals surface area contributed by atoms with Crippen LogP contribution in [0.1, 0.15) is 10.4 Å². The molecule has 0 aliphatic rings. The number of hydrogen-bond donors (Lipinski definition) is 1. The van der Waals surface area contributed by atoms with E-state index in [0.29, 0.717) is 0 Å². The molecular weight excluding hydrogens is 395 g/mol. The summed E-state index contributed by atoms with van der Waals surface area (Å²) in [7, 11) is 0. The number of nitro groups is 1. The Balaban J connectivity index is 2.05. The van der Waals surface area contributed by atoms with Gasteiger partial charge in [0.2, 0.25) is 0 Å². The molecule has 0 unspecified atom stereocenters. The largest absolute Gasteiger partial charge is 0.452 e. The molecule has 0 saturated heterocycles. The standard InChI is InChI=1S/C15H9Cl3N2O5/c16-8-4-5-9(12(6-8)20(23)24)15(22)25-7-13(21)19-14-10(17)2-1-3-11(14)18/h1-6H,7H2,(H,19,21). The second-order valence-corrected chi connectivity index (χ2v) is 5.89. The van der Waals surface area contributed by atoms with Gasteiger partial charge in [0.05, 0.1) is 20.7 Å². The van der Waals surface area contributed by atoms with Crippen LogP contribution in [-0.4, -0.2) is 23.4 Å². The number of ether oxygens (including phenoxy) is 1. The van der Waals surface area contributed by atoms with Crippen LogP contribution < -0.4 is 5.32 Å². The molecule has 1 amide bonds. The van der Waals surface area contributed by atoms with E-state index in [9.17, 15) is 19.7 Å². The predicted octanol–water partition coefficient (Wildman–Crippen LogP) is 4.35. The first-order valence-corrected chi connectivity index (χ1v) is 7.78. The summed E-state index contributed by atoms with van der Waals surface area (Å²) in [4.78, 5) is 34.0. The predicted molar refractivity (Wildman–Crippen MR) is 93.5 cm³/mol. The SMILES string of the molecule is O=C(COC(=O)c1ccc(Cl)cc1[N+](=O)[O-])Nc1c(Cl)cccc1Cl. The Morgan fingerprint density at radius 3 is 2.36 bits per heavy atom. The highest BCUT2D eigenvalue weighted by Gasteiger charge is 2.22. The Bertz CT molecular complexity index is 837. The third kappa shape index (κ3) is 4.82. The van der Waals surface area contributed by atoms with Crippen molar-refractivity contribution in [3.8, 4) is 0 Å². The highest BCUT2D eigenvalue weighted by Crippen LogP contribution is 2.29. The third-order valence-electron chi connectivity index (χ3n) is 2.94. The highest BCUT2D eigenvalue weighted by atomic mass is 35.5. The topological polar surface area (TPSA) is 98.5 Å². The number of esters is 1. The number of para-hydroxylation sites is 1. The van der Waals surface area contributed by atoms with Gasteiger partial charge in [0.1, 0.15) is 5.56 Å². The molecule has 0 saturated carbocycles. The van der Waals surface area contributed by atoms with Crippen LogP contribution in [0.2, 0.25) is 15.1 Å². The van der Waals surface area contributed by atoms with Gasteiger partial charge in [0.25, 0.3) is 11.6 Å². The molecule has 0 aliphatic carbocycles. The number of carbonyl (C=O) groups is 2. The van der Waals surface area contributed by atoms with Gasteiger partial charge in [-0.15, -0.1) is 0 Å². The summed E-state index contributed by atoms with van der Waals surface area (Å²) < 4.78 is 4.79. The van der Waals surface area contributed by atoms with Gasteiger partial charge in [0.15, 0.2) is 6.61 Å². The van der Waals surface area contributed by atoms with Crippen molar-refractivity contribution < 1.29 is 19.2 Å². The lowest BCUT2D eigenvalue weighted by molar-refractivity contribution is -0.385. The zero-order valence-corrected chi connectivity index (χ0v) is 14.6. The molecule has 0 atom stereocenters. The first-order valence-electron chi connectivity index (χ1n) is 6.64. The Hall–Kier alpha value is -2.35. The number of benzene rings is 2. The Morgan fingerprint density at radius 1 is 1.12 bits per heavy atom. The summed E-state index contributed by atoms with van der Waals surface area (Å²) in [5.41, 5.74) is -0.672. The van der Waals surface area contributed by atoms with Crippen LogP contribution in [0.4, 0.5) is 11.4 Å². The van der Waals surface area contributed by atoms with E-state index in [1.54, 1.807) is 6.07 Å². The van der Waals surface area contributed by atoms with Crippen LogP contribution >= 0.6 is 34.8 Å². The fourth-order valence-electron chi connectivity index (χ4n) is 1.83. The lowest BCUT2D eigenvalue weighted by Crippen LogP contribution is -2.21. The Labute approximate surface area is 156 Å². The minimum absolute atomic E-state index is 0.0920. The van der Waals surface area contributed by atoms with Crippen molar-refractivity contribution in [3.63, 3.8) is 0 Å². The van der Waals surface area contributed by atoms with Crippen molar-refractivity contribution in [2.45, 2.75) is 0 Å². The number of rotatable bonds is 5. The van der Waals surface area contributed by atoms with Gasteiger partial charge < -0.3 is 10.1 Å². The first-order chi connectivity index (χ1) is 11.8. The lowest BCUT2D eigenvalue weighted by Gasteiger charge is -2.09. The fraction of sp³-hybridized carbons (Fsp3) is 0.0667.